The van der Waals surface area contributed by atoms with Crippen LogP contribution in [0.3, 0.4) is 0 Å². The molecule has 0 amide bonds. The standard InChI is InChI=1S/C17H22N2/c1-5-8-14(3)17(19(4)15-11-12-15)18-16-10-7-6-9-13(16)2/h5-10,15H,2,11-12H2,1,3-4H3/b8-5+,17-14-,18-16?. The van der Waals surface area contributed by atoms with Gasteiger partial charge in [-0.05, 0) is 43.9 Å². The molecule has 2 nitrogen and oxygen atoms in total. The zero-order valence-electron chi connectivity index (χ0n) is 12.1. The Balaban J connectivity index is 2.35. The molecule has 19 heavy (non-hydrogen) atoms. The average molecular weight is 254 g/mol. The third-order valence-electron chi connectivity index (χ3n) is 3.42. The van der Waals surface area contributed by atoms with Crippen LogP contribution in [0.1, 0.15) is 26.7 Å². The van der Waals surface area contributed by atoms with E-state index in [4.69, 9.17) is 4.99 Å². The fourth-order valence-corrected chi connectivity index (χ4v) is 2.14. The minimum atomic E-state index is 0.649. The number of nitrogens with zero attached hydrogens (tertiary/aromatic N) is 2. The van der Waals surface area contributed by atoms with Gasteiger partial charge in [-0.2, -0.15) is 0 Å². The molecule has 2 aliphatic carbocycles. The van der Waals surface area contributed by atoms with Gasteiger partial charge in [0.2, 0.25) is 0 Å². The molecule has 2 heteroatoms. The molecular weight excluding hydrogens is 232 g/mol. The maximum atomic E-state index is 4.83. The Bertz CT molecular complexity index is 511. The normalized spacial score (nSPS) is 22.3. The minimum Gasteiger partial charge on any atom is -0.356 e. The molecule has 0 aliphatic heterocycles. The third-order valence-corrected chi connectivity index (χ3v) is 3.42. The molecule has 0 atom stereocenters. The summed E-state index contributed by atoms with van der Waals surface area (Å²) < 4.78 is 0. The summed E-state index contributed by atoms with van der Waals surface area (Å²) in [5, 5.41) is 0. The van der Waals surface area contributed by atoms with Crippen LogP contribution in [0.25, 0.3) is 0 Å². The number of allylic oxidation sites excluding steroid dienone is 8. The van der Waals surface area contributed by atoms with Crippen molar-refractivity contribution in [2.75, 3.05) is 7.05 Å². The average Bonchev–Trinajstić information content (AvgIpc) is 3.21. The second kappa shape index (κ2) is 5.87. The molecule has 1 fully saturated rings. The largest absolute Gasteiger partial charge is 0.356 e. The first-order valence-electron chi connectivity index (χ1n) is 6.82. The van der Waals surface area contributed by atoms with Crippen LogP contribution in [0.5, 0.6) is 0 Å². The summed E-state index contributed by atoms with van der Waals surface area (Å²) in [5.74, 6) is 1.05. The Morgan fingerprint density at radius 1 is 1.37 bits per heavy atom. The van der Waals surface area contributed by atoms with Crippen molar-refractivity contribution in [3.05, 3.63) is 60.0 Å². The molecule has 1 saturated carbocycles. The predicted molar refractivity (Wildman–Crippen MR) is 83.2 cm³/mol. The van der Waals surface area contributed by atoms with Gasteiger partial charge in [0.05, 0.1) is 5.71 Å². The highest BCUT2D eigenvalue weighted by atomic mass is 15.2. The lowest BCUT2D eigenvalue weighted by Gasteiger charge is -2.21. The monoisotopic (exact) mass is 254 g/mol. The number of hydrogen-bond acceptors (Lipinski definition) is 2. The van der Waals surface area contributed by atoms with Crippen molar-refractivity contribution in [3.8, 4) is 0 Å². The summed E-state index contributed by atoms with van der Waals surface area (Å²) in [6, 6.07) is 0.649. The van der Waals surface area contributed by atoms with Crippen LogP contribution >= 0.6 is 0 Å². The molecule has 0 saturated heterocycles. The lowest BCUT2D eigenvalue weighted by Crippen LogP contribution is -2.21. The van der Waals surface area contributed by atoms with Crippen LogP contribution < -0.4 is 0 Å². The van der Waals surface area contributed by atoms with Gasteiger partial charge in [-0.3, -0.25) is 0 Å². The summed E-state index contributed by atoms with van der Waals surface area (Å²) in [7, 11) is 2.13. The van der Waals surface area contributed by atoms with Crippen molar-refractivity contribution in [1.29, 1.82) is 0 Å². The van der Waals surface area contributed by atoms with Gasteiger partial charge in [0.1, 0.15) is 5.82 Å². The molecule has 2 rings (SSSR count). The maximum absolute atomic E-state index is 4.83. The Kier molecular flexibility index (Phi) is 4.20. The molecule has 0 unspecified atom stereocenters. The first-order chi connectivity index (χ1) is 9.13. The lowest BCUT2D eigenvalue weighted by atomic mass is 10.1. The highest BCUT2D eigenvalue weighted by molar-refractivity contribution is 6.11. The van der Waals surface area contributed by atoms with Gasteiger partial charge in [-0.25, -0.2) is 4.99 Å². The van der Waals surface area contributed by atoms with Gasteiger partial charge < -0.3 is 4.90 Å². The van der Waals surface area contributed by atoms with E-state index in [0.29, 0.717) is 6.04 Å². The molecule has 0 spiro atoms. The van der Waals surface area contributed by atoms with E-state index < -0.39 is 0 Å². The van der Waals surface area contributed by atoms with Crippen molar-refractivity contribution in [1.82, 2.24) is 4.90 Å². The first-order valence-corrected chi connectivity index (χ1v) is 6.82. The molecule has 0 aromatic carbocycles. The van der Waals surface area contributed by atoms with E-state index >= 15 is 0 Å². The van der Waals surface area contributed by atoms with Crippen molar-refractivity contribution in [2.24, 2.45) is 4.99 Å². The van der Waals surface area contributed by atoms with E-state index in [-0.39, 0.29) is 0 Å². The molecule has 0 aromatic heterocycles. The minimum absolute atomic E-state index is 0.649. The number of hydrogen-bond donors (Lipinski definition) is 0. The first kappa shape index (κ1) is 13.6. The zero-order chi connectivity index (χ0) is 13.8. The smallest absolute Gasteiger partial charge is 0.132 e. The third kappa shape index (κ3) is 3.34. The fraction of sp³-hybridized carbons (Fsp3) is 0.353. The van der Waals surface area contributed by atoms with E-state index in [1.54, 1.807) is 0 Å². The lowest BCUT2D eigenvalue weighted by molar-refractivity contribution is 0.400. The predicted octanol–water partition coefficient (Wildman–Crippen LogP) is 4.01. The van der Waals surface area contributed by atoms with Crippen LogP contribution in [0.2, 0.25) is 0 Å². The second-order valence-electron chi connectivity index (χ2n) is 5.09. The van der Waals surface area contributed by atoms with Gasteiger partial charge in [0.15, 0.2) is 0 Å². The maximum Gasteiger partial charge on any atom is 0.132 e. The molecule has 100 valence electrons. The highest BCUT2D eigenvalue weighted by Crippen LogP contribution is 2.30. The summed E-state index contributed by atoms with van der Waals surface area (Å²) >= 11 is 0. The summed E-state index contributed by atoms with van der Waals surface area (Å²) in [5.41, 5.74) is 3.12. The summed E-state index contributed by atoms with van der Waals surface area (Å²) in [6.07, 6.45) is 14.7. The second-order valence-corrected chi connectivity index (χ2v) is 5.09. The number of aliphatic imine (C=N–C) groups is 1. The van der Waals surface area contributed by atoms with Crippen molar-refractivity contribution in [2.45, 2.75) is 32.7 Å². The van der Waals surface area contributed by atoms with E-state index in [1.165, 1.54) is 18.4 Å². The molecule has 2 aliphatic rings. The molecule has 0 aromatic rings. The van der Waals surface area contributed by atoms with Gasteiger partial charge in [-0.15, -0.1) is 0 Å². The van der Waals surface area contributed by atoms with Crippen LogP contribution in [0.15, 0.2) is 65.0 Å². The Hall–Kier alpha value is -1.83. The van der Waals surface area contributed by atoms with Gasteiger partial charge in [0.25, 0.3) is 0 Å². The quantitative estimate of drug-likeness (QED) is 0.692. The number of rotatable bonds is 4. The topological polar surface area (TPSA) is 15.6 Å². The summed E-state index contributed by atoms with van der Waals surface area (Å²) in [4.78, 5) is 7.12. The fourth-order valence-electron chi connectivity index (χ4n) is 2.14. The zero-order valence-corrected chi connectivity index (χ0v) is 12.1. The van der Waals surface area contributed by atoms with E-state index in [2.05, 4.69) is 37.6 Å². The Labute approximate surface area is 116 Å². The van der Waals surface area contributed by atoms with Crippen LogP contribution in [0.4, 0.5) is 0 Å². The van der Waals surface area contributed by atoms with Crippen LogP contribution in [0, 0.1) is 0 Å². The molecular formula is C17H22N2. The van der Waals surface area contributed by atoms with Crippen LogP contribution in [-0.2, 0) is 0 Å². The Morgan fingerprint density at radius 3 is 2.63 bits per heavy atom. The molecule has 0 heterocycles. The van der Waals surface area contributed by atoms with Crippen LogP contribution in [-0.4, -0.2) is 23.7 Å². The van der Waals surface area contributed by atoms with E-state index in [1.807, 2.05) is 31.2 Å². The van der Waals surface area contributed by atoms with Gasteiger partial charge >= 0.3 is 0 Å². The van der Waals surface area contributed by atoms with Crippen molar-refractivity contribution >= 4 is 5.71 Å². The van der Waals surface area contributed by atoms with E-state index in [0.717, 1.165) is 17.1 Å². The highest BCUT2D eigenvalue weighted by Gasteiger charge is 2.28. The van der Waals surface area contributed by atoms with Crippen molar-refractivity contribution < 1.29 is 0 Å². The van der Waals surface area contributed by atoms with E-state index in [9.17, 15) is 0 Å². The summed E-state index contributed by atoms with van der Waals surface area (Å²) in [6.45, 7) is 8.20. The van der Waals surface area contributed by atoms with Crippen molar-refractivity contribution in [3.63, 3.8) is 0 Å². The molecule has 0 N–H and O–H groups in total. The van der Waals surface area contributed by atoms with Gasteiger partial charge in [0, 0.05) is 13.1 Å². The van der Waals surface area contributed by atoms with Gasteiger partial charge in [-0.1, -0.05) is 37.0 Å². The molecule has 0 radical (unpaired) electrons. The Morgan fingerprint density at radius 2 is 2.05 bits per heavy atom. The SMILES string of the molecule is C=C1C=CC=CC1=N/C(=C(C)/C=C/C)N(C)C1CC1. The molecule has 0 bridgehead atoms.